The molecule has 4 nitrogen and oxygen atoms in total. The van der Waals surface area contributed by atoms with E-state index in [0.717, 1.165) is 23.1 Å². The van der Waals surface area contributed by atoms with Gasteiger partial charge in [0.05, 0.1) is 11.6 Å². The Labute approximate surface area is 123 Å². The topological polar surface area (TPSA) is 39.7 Å². The van der Waals surface area contributed by atoms with Crippen LogP contribution in [0.5, 0.6) is 11.5 Å². The molecule has 0 heterocycles. The minimum Gasteiger partial charge on any atom is -0.493 e. The summed E-state index contributed by atoms with van der Waals surface area (Å²) in [6.07, 6.45) is 0. The highest BCUT2D eigenvalue weighted by Crippen LogP contribution is 2.36. The molecule has 0 atom stereocenters. The van der Waals surface area contributed by atoms with Gasteiger partial charge in [0.2, 0.25) is 0 Å². The molecule has 0 radical (unpaired) electrons. The zero-order valence-corrected chi connectivity index (χ0v) is 13.5. The fourth-order valence-electron chi connectivity index (χ4n) is 1.64. The maximum Gasteiger partial charge on any atom is 0.188 e. The number of rotatable bonds is 8. The zero-order chi connectivity index (χ0) is 14.3. The third kappa shape index (κ3) is 5.38. The van der Waals surface area contributed by atoms with Gasteiger partial charge in [0.15, 0.2) is 18.3 Å². The summed E-state index contributed by atoms with van der Waals surface area (Å²) < 4.78 is 16.6. The first-order chi connectivity index (χ1) is 9.08. The molecule has 0 aliphatic rings. The summed E-state index contributed by atoms with van der Waals surface area (Å²) in [4.78, 5) is 0. The molecular formula is C14H22BrNO3. The van der Waals surface area contributed by atoms with Crippen molar-refractivity contribution in [2.24, 2.45) is 5.92 Å². The molecule has 0 saturated heterocycles. The minimum atomic E-state index is 0.194. The molecule has 19 heavy (non-hydrogen) atoms. The average molecular weight is 332 g/mol. The van der Waals surface area contributed by atoms with Crippen LogP contribution in [0.4, 0.5) is 0 Å². The molecular weight excluding hydrogens is 310 g/mol. The van der Waals surface area contributed by atoms with Gasteiger partial charge in [-0.1, -0.05) is 13.8 Å². The normalized spacial score (nSPS) is 10.8. The fourth-order valence-corrected chi connectivity index (χ4v) is 2.24. The lowest BCUT2D eigenvalue weighted by molar-refractivity contribution is 0.0486. The summed E-state index contributed by atoms with van der Waals surface area (Å²) in [7, 11) is 3.22. The number of hydrogen-bond acceptors (Lipinski definition) is 4. The van der Waals surface area contributed by atoms with Gasteiger partial charge in [0.1, 0.15) is 0 Å². The zero-order valence-electron chi connectivity index (χ0n) is 12.0. The molecule has 0 amide bonds. The summed E-state index contributed by atoms with van der Waals surface area (Å²) in [6, 6.07) is 4.00. The van der Waals surface area contributed by atoms with E-state index in [0.29, 0.717) is 17.4 Å². The van der Waals surface area contributed by atoms with E-state index in [4.69, 9.17) is 14.2 Å². The van der Waals surface area contributed by atoms with Crippen molar-refractivity contribution in [1.82, 2.24) is 5.32 Å². The standard InChI is InChI=1S/C14H22BrNO3/c1-10(2)7-16-8-11-5-12(15)14(19-9-17-3)13(6-11)18-4/h5-6,10,16H,7-9H2,1-4H3. The smallest absolute Gasteiger partial charge is 0.188 e. The summed E-state index contributed by atoms with van der Waals surface area (Å²) in [5.74, 6) is 2.00. The number of ether oxygens (including phenoxy) is 3. The molecule has 1 rings (SSSR count). The average Bonchev–Trinajstić information content (AvgIpc) is 2.36. The summed E-state index contributed by atoms with van der Waals surface area (Å²) >= 11 is 3.50. The number of methoxy groups -OCH3 is 2. The third-order valence-corrected chi connectivity index (χ3v) is 3.08. The van der Waals surface area contributed by atoms with E-state index in [2.05, 4.69) is 35.1 Å². The second-order valence-electron chi connectivity index (χ2n) is 4.68. The Bertz CT molecular complexity index is 397. The maximum atomic E-state index is 5.49. The second-order valence-corrected chi connectivity index (χ2v) is 5.54. The Morgan fingerprint density at radius 3 is 2.58 bits per heavy atom. The maximum absolute atomic E-state index is 5.49. The van der Waals surface area contributed by atoms with Gasteiger partial charge in [-0.2, -0.15) is 0 Å². The van der Waals surface area contributed by atoms with E-state index >= 15 is 0 Å². The molecule has 0 fully saturated rings. The van der Waals surface area contributed by atoms with Crippen LogP contribution in [0, 0.1) is 5.92 Å². The summed E-state index contributed by atoms with van der Waals surface area (Å²) in [6.45, 7) is 6.36. The van der Waals surface area contributed by atoms with Crippen molar-refractivity contribution < 1.29 is 14.2 Å². The molecule has 0 bridgehead atoms. The molecule has 5 heteroatoms. The summed E-state index contributed by atoms with van der Waals surface area (Å²) in [5.41, 5.74) is 1.15. The molecule has 1 N–H and O–H groups in total. The highest BCUT2D eigenvalue weighted by molar-refractivity contribution is 9.10. The summed E-state index contributed by atoms with van der Waals surface area (Å²) in [5, 5.41) is 3.40. The van der Waals surface area contributed by atoms with Gasteiger partial charge >= 0.3 is 0 Å². The van der Waals surface area contributed by atoms with Crippen LogP contribution >= 0.6 is 15.9 Å². The van der Waals surface area contributed by atoms with Crippen molar-refractivity contribution >= 4 is 15.9 Å². The van der Waals surface area contributed by atoms with Crippen molar-refractivity contribution in [2.75, 3.05) is 27.6 Å². The molecule has 1 aromatic rings. The van der Waals surface area contributed by atoms with Gasteiger partial charge in [-0.3, -0.25) is 0 Å². The van der Waals surface area contributed by atoms with Gasteiger partial charge in [-0.15, -0.1) is 0 Å². The van der Waals surface area contributed by atoms with Crippen LogP contribution in [0.25, 0.3) is 0 Å². The molecule has 0 saturated carbocycles. The lowest BCUT2D eigenvalue weighted by Gasteiger charge is -2.14. The highest BCUT2D eigenvalue weighted by atomic mass is 79.9. The minimum absolute atomic E-state index is 0.194. The van der Waals surface area contributed by atoms with Crippen LogP contribution in [0.3, 0.4) is 0 Å². The number of benzene rings is 1. The number of nitrogens with one attached hydrogen (secondary N) is 1. The predicted octanol–water partition coefficient (Wildman–Crippen LogP) is 3.19. The Morgan fingerprint density at radius 1 is 1.26 bits per heavy atom. The Morgan fingerprint density at radius 2 is 2.00 bits per heavy atom. The van der Waals surface area contributed by atoms with Crippen LogP contribution in [-0.4, -0.2) is 27.6 Å². The van der Waals surface area contributed by atoms with E-state index in [-0.39, 0.29) is 6.79 Å². The first kappa shape index (κ1) is 16.3. The largest absolute Gasteiger partial charge is 0.493 e. The van der Waals surface area contributed by atoms with E-state index in [9.17, 15) is 0 Å². The predicted molar refractivity (Wildman–Crippen MR) is 79.7 cm³/mol. The second kappa shape index (κ2) is 8.40. The van der Waals surface area contributed by atoms with Gasteiger partial charge in [0, 0.05) is 13.7 Å². The number of halogens is 1. The van der Waals surface area contributed by atoms with Crippen molar-refractivity contribution in [1.29, 1.82) is 0 Å². The molecule has 0 aliphatic carbocycles. The SMILES string of the molecule is COCOc1c(Br)cc(CNCC(C)C)cc1OC. The van der Waals surface area contributed by atoms with Crippen LogP contribution in [0.15, 0.2) is 16.6 Å². The lowest BCUT2D eigenvalue weighted by atomic mass is 10.2. The van der Waals surface area contributed by atoms with Crippen LogP contribution < -0.4 is 14.8 Å². The fraction of sp³-hybridized carbons (Fsp3) is 0.571. The van der Waals surface area contributed by atoms with Gasteiger partial charge < -0.3 is 19.5 Å². The number of hydrogen-bond donors (Lipinski definition) is 1. The molecule has 0 aliphatic heterocycles. The first-order valence-corrected chi connectivity index (χ1v) is 7.06. The molecule has 0 unspecified atom stereocenters. The Hall–Kier alpha value is -0.780. The third-order valence-electron chi connectivity index (χ3n) is 2.49. The lowest BCUT2D eigenvalue weighted by Crippen LogP contribution is -2.19. The first-order valence-electron chi connectivity index (χ1n) is 6.27. The van der Waals surface area contributed by atoms with Gasteiger partial charge in [0.25, 0.3) is 0 Å². The highest BCUT2D eigenvalue weighted by Gasteiger charge is 2.11. The quantitative estimate of drug-likeness (QED) is 0.742. The van der Waals surface area contributed by atoms with Crippen LogP contribution in [0.1, 0.15) is 19.4 Å². The van der Waals surface area contributed by atoms with E-state index in [1.807, 2.05) is 12.1 Å². The van der Waals surface area contributed by atoms with Crippen molar-refractivity contribution in [2.45, 2.75) is 20.4 Å². The van der Waals surface area contributed by atoms with Crippen molar-refractivity contribution in [3.05, 3.63) is 22.2 Å². The van der Waals surface area contributed by atoms with Crippen molar-refractivity contribution in [3.63, 3.8) is 0 Å². The monoisotopic (exact) mass is 331 g/mol. The Kier molecular flexibility index (Phi) is 7.20. The molecule has 0 aromatic heterocycles. The van der Waals surface area contributed by atoms with Crippen LogP contribution in [0.2, 0.25) is 0 Å². The Balaban J connectivity index is 2.77. The molecule has 1 aromatic carbocycles. The molecule has 0 spiro atoms. The van der Waals surface area contributed by atoms with E-state index in [1.165, 1.54) is 0 Å². The van der Waals surface area contributed by atoms with Crippen molar-refractivity contribution in [3.8, 4) is 11.5 Å². The van der Waals surface area contributed by atoms with Gasteiger partial charge in [-0.05, 0) is 46.1 Å². The van der Waals surface area contributed by atoms with Crippen LogP contribution in [-0.2, 0) is 11.3 Å². The molecule has 108 valence electrons. The van der Waals surface area contributed by atoms with E-state index in [1.54, 1.807) is 14.2 Å². The van der Waals surface area contributed by atoms with E-state index < -0.39 is 0 Å². The van der Waals surface area contributed by atoms with Gasteiger partial charge in [-0.25, -0.2) is 0 Å².